The molecule has 1 atom stereocenters. The minimum absolute atomic E-state index is 0.310. The van der Waals surface area contributed by atoms with Crippen LogP contribution in [0.4, 0.5) is 5.82 Å². The maximum Gasteiger partial charge on any atom is 0.123 e. The predicted molar refractivity (Wildman–Crippen MR) is 86.7 cm³/mol. The molecule has 3 N–H and O–H groups in total. The Balaban J connectivity index is 1.92. The molecule has 0 aliphatic rings. The summed E-state index contributed by atoms with van der Waals surface area (Å²) in [5.41, 5.74) is 8.13. The summed E-state index contributed by atoms with van der Waals surface area (Å²) in [7, 11) is 0. The van der Waals surface area contributed by atoms with Crippen LogP contribution in [0.15, 0.2) is 47.5 Å². The smallest absolute Gasteiger partial charge is 0.123 e. The Kier molecular flexibility index (Phi) is 5.44. The maximum atomic E-state index is 5.68. The van der Waals surface area contributed by atoms with Crippen molar-refractivity contribution in [3.63, 3.8) is 0 Å². The number of hydrogen-bond donors (Lipinski definition) is 2. The monoisotopic (exact) mass is 287 g/mol. The highest BCUT2D eigenvalue weighted by Gasteiger charge is 2.05. The molecule has 0 aliphatic carbocycles. The van der Waals surface area contributed by atoms with E-state index in [1.54, 1.807) is 6.20 Å². The molecule has 0 spiro atoms. The first-order valence-corrected chi connectivity index (χ1v) is 7.84. The normalized spacial score (nSPS) is 12.3. The van der Waals surface area contributed by atoms with Gasteiger partial charge in [-0.1, -0.05) is 19.1 Å². The second kappa shape index (κ2) is 7.31. The van der Waals surface area contributed by atoms with E-state index in [0.717, 1.165) is 17.9 Å². The van der Waals surface area contributed by atoms with Crippen molar-refractivity contribution in [3.05, 3.63) is 53.7 Å². The molecule has 0 radical (unpaired) electrons. The third kappa shape index (κ3) is 4.25. The van der Waals surface area contributed by atoms with E-state index in [4.69, 9.17) is 5.73 Å². The molecule has 0 saturated carbocycles. The predicted octanol–water partition coefficient (Wildman–Crippen LogP) is 3.63. The van der Waals surface area contributed by atoms with Crippen LogP contribution in [0.1, 0.15) is 31.0 Å². The van der Waals surface area contributed by atoms with Gasteiger partial charge in [-0.3, -0.25) is 0 Å². The summed E-state index contributed by atoms with van der Waals surface area (Å²) >= 11 is 1.87. The summed E-state index contributed by atoms with van der Waals surface area (Å²) in [5.74, 6) is 1.68. The van der Waals surface area contributed by atoms with Gasteiger partial charge in [-0.25, -0.2) is 4.98 Å². The molecular weight excluding hydrogens is 266 g/mol. The molecule has 3 nitrogen and oxygen atoms in total. The van der Waals surface area contributed by atoms with Crippen molar-refractivity contribution in [2.45, 2.75) is 31.3 Å². The largest absolute Gasteiger partial charge is 0.384 e. The molecule has 2 rings (SSSR count). The van der Waals surface area contributed by atoms with Crippen LogP contribution >= 0.6 is 11.8 Å². The number of anilines is 1. The number of nitrogens with zero attached hydrogens (tertiary/aromatic N) is 1. The number of pyridine rings is 1. The minimum Gasteiger partial charge on any atom is -0.384 e. The molecule has 1 aromatic heterocycles. The fraction of sp³-hybridized carbons (Fsp3) is 0.312. The Morgan fingerprint density at radius 1 is 1.25 bits per heavy atom. The van der Waals surface area contributed by atoms with E-state index >= 15 is 0 Å². The van der Waals surface area contributed by atoms with Crippen molar-refractivity contribution >= 4 is 17.6 Å². The number of aromatic nitrogens is 1. The molecule has 106 valence electrons. The molecule has 0 aliphatic heterocycles. The molecule has 0 unspecified atom stereocenters. The Morgan fingerprint density at radius 2 is 2.00 bits per heavy atom. The highest BCUT2D eigenvalue weighted by Crippen LogP contribution is 2.21. The maximum absolute atomic E-state index is 5.68. The molecule has 1 aromatic carbocycles. The van der Waals surface area contributed by atoms with Crippen molar-refractivity contribution in [2.75, 3.05) is 11.5 Å². The van der Waals surface area contributed by atoms with Crippen molar-refractivity contribution in [1.29, 1.82) is 0 Å². The first-order valence-electron chi connectivity index (χ1n) is 6.85. The van der Waals surface area contributed by atoms with E-state index in [-0.39, 0.29) is 0 Å². The number of hydrogen-bond acceptors (Lipinski definition) is 4. The van der Waals surface area contributed by atoms with Crippen LogP contribution in [0.25, 0.3) is 0 Å². The van der Waals surface area contributed by atoms with Crippen LogP contribution in [0, 0.1) is 0 Å². The number of rotatable bonds is 6. The lowest BCUT2D eigenvalue weighted by Gasteiger charge is -2.15. The van der Waals surface area contributed by atoms with E-state index < -0.39 is 0 Å². The van der Waals surface area contributed by atoms with Gasteiger partial charge in [-0.15, -0.1) is 11.8 Å². The van der Waals surface area contributed by atoms with Crippen LogP contribution in [-0.2, 0) is 6.54 Å². The van der Waals surface area contributed by atoms with E-state index in [1.807, 2.05) is 23.9 Å². The van der Waals surface area contributed by atoms with Gasteiger partial charge in [0.2, 0.25) is 0 Å². The third-order valence-electron chi connectivity index (χ3n) is 3.15. The van der Waals surface area contributed by atoms with Gasteiger partial charge in [0, 0.05) is 23.7 Å². The van der Waals surface area contributed by atoms with Crippen molar-refractivity contribution in [1.82, 2.24) is 10.3 Å². The zero-order valence-corrected chi connectivity index (χ0v) is 12.8. The number of nitrogen functional groups attached to an aromatic ring is 1. The van der Waals surface area contributed by atoms with Crippen LogP contribution in [0.2, 0.25) is 0 Å². The Hall–Kier alpha value is -1.52. The molecule has 0 saturated heterocycles. The summed E-state index contributed by atoms with van der Waals surface area (Å²) in [5, 5.41) is 3.50. The van der Waals surface area contributed by atoms with Gasteiger partial charge in [0.1, 0.15) is 5.82 Å². The molecule has 20 heavy (non-hydrogen) atoms. The zero-order chi connectivity index (χ0) is 14.4. The van der Waals surface area contributed by atoms with E-state index in [9.17, 15) is 0 Å². The highest BCUT2D eigenvalue weighted by atomic mass is 32.2. The average Bonchev–Trinajstić information content (AvgIpc) is 2.46. The molecular formula is C16H21N3S. The van der Waals surface area contributed by atoms with Crippen LogP contribution in [0.5, 0.6) is 0 Å². The quantitative estimate of drug-likeness (QED) is 0.797. The van der Waals surface area contributed by atoms with Gasteiger partial charge in [0.05, 0.1) is 0 Å². The number of nitrogens with two attached hydrogens (primary N) is 1. The Bertz CT molecular complexity index is 540. The van der Waals surface area contributed by atoms with Gasteiger partial charge in [0.15, 0.2) is 0 Å². The molecule has 0 bridgehead atoms. The minimum atomic E-state index is 0.310. The van der Waals surface area contributed by atoms with Gasteiger partial charge in [-0.05, 0) is 48.1 Å². The van der Waals surface area contributed by atoms with Crippen LogP contribution in [0.3, 0.4) is 0 Å². The van der Waals surface area contributed by atoms with Crippen LogP contribution < -0.4 is 11.1 Å². The fourth-order valence-electron chi connectivity index (χ4n) is 2.01. The highest BCUT2D eigenvalue weighted by molar-refractivity contribution is 7.99. The summed E-state index contributed by atoms with van der Waals surface area (Å²) in [6, 6.07) is 13.0. The topological polar surface area (TPSA) is 50.9 Å². The van der Waals surface area contributed by atoms with E-state index in [0.29, 0.717) is 11.9 Å². The molecule has 0 amide bonds. The first kappa shape index (κ1) is 14.9. The Morgan fingerprint density at radius 3 is 2.65 bits per heavy atom. The Labute approximate surface area is 125 Å². The van der Waals surface area contributed by atoms with Crippen molar-refractivity contribution in [3.8, 4) is 0 Å². The zero-order valence-electron chi connectivity index (χ0n) is 12.0. The van der Waals surface area contributed by atoms with Crippen LogP contribution in [-0.4, -0.2) is 10.7 Å². The second-order valence-corrected chi connectivity index (χ2v) is 6.03. The summed E-state index contributed by atoms with van der Waals surface area (Å²) in [6.45, 7) is 5.13. The van der Waals surface area contributed by atoms with Crippen molar-refractivity contribution < 1.29 is 0 Å². The van der Waals surface area contributed by atoms with Gasteiger partial charge >= 0.3 is 0 Å². The first-order chi connectivity index (χ1) is 9.69. The SMILES string of the molecule is CCSc1ccc([C@@H](C)NCc2ccnc(N)c2)cc1. The van der Waals surface area contributed by atoms with Gasteiger partial charge < -0.3 is 11.1 Å². The number of benzene rings is 1. The summed E-state index contributed by atoms with van der Waals surface area (Å²) in [6.07, 6.45) is 1.74. The standard InChI is InChI=1S/C16H21N3S/c1-3-20-15-6-4-14(5-7-15)12(2)19-11-13-8-9-18-16(17)10-13/h4-10,12,19H,3,11H2,1-2H3,(H2,17,18)/t12-/m1/s1. The van der Waals surface area contributed by atoms with E-state index in [1.165, 1.54) is 10.5 Å². The van der Waals surface area contributed by atoms with Crippen molar-refractivity contribution in [2.24, 2.45) is 0 Å². The lowest BCUT2D eigenvalue weighted by atomic mass is 10.1. The second-order valence-electron chi connectivity index (χ2n) is 4.69. The van der Waals surface area contributed by atoms with E-state index in [2.05, 4.69) is 48.4 Å². The van der Waals surface area contributed by atoms with Gasteiger partial charge in [-0.2, -0.15) is 0 Å². The third-order valence-corrected chi connectivity index (χ3v) is 4.04. The summed E-state index contributed by atoms with van der Waals surface area (Å²) < 4.78 is 0. The fourth-order valence-corrected chi connectivity index (χ4v) is 2.67. The molecule has 2 aromatic rings. The lowest BCUT2D eigenvalue weighted by molar-refractivity contribution is 0.574. The average molecular weight is 287 g/mol. The number of thioether (sulfide) groups is 1. The lowest BCUT2D eigenvalue weighted by Crippen LogP contribution is -2.18. The summed E-state index contributed by atoms with van der Waals surface area (Å²) in [4.78, 5) is 5.32. The molecule has 1 heterocycles. The van der Waals surface area contributed by atoms with Gasteiger partial charge in [0.25, 0.3) is 0 Å². The molecule has 4 heteroatoms. The number of nitrogens with one attached hydrogen (secondary N) is 1. The molecule has 0 fully saturated rings.